The molecule has 2 heterocycles. The Labute approximate surface area is 137 Å². The van der Waals surface area contributed by atoms with Crippen molar-refractivity contribution >= 4 is 27.8 Å². The van der Waals surface area contributed by atoms with E-state index in [1.807, 2.05) is 20.2 Å². The van der Waals surface area contributed by atoms with Crippen LogP contribution in [0, 0.1) is 0 Å². The Bertz CT molecular complexity index is 806. The molecule has 2 N–H and O–H groups in total. The van der Waals surface area contributed by atoms with E-state index in [1.165, 1.54) is 17.3 Å². The molecule has 0 radical (unpaired) electrons. The molecule has 23 heavy (non-hydrogen) atoms. The Kier molecular flexibility index (Phi) is 4.76. The normalized spacial score (nSPS) is 11.4. The van der Waals surface area contributed by atoms with E-state index in [2.05, 4.69) is 40.3 Å². The van der Waals surface area contributed by atoms with Crippen molar-refractivity contribution in [2.45, 2.75) is 32.7 Å². The van der Waals surface area contributed by atoms with Crippen LogP contribution >= 0.6 is 0 Å². The first kappa shape index (κ1) is 15.7. The SMILES string of the molecule is CCc1nc2c(NC)nc3ccccc3c2n1CCCCNC. The van der Waals surface area contributed by atoms with E-state index in [0.717, 1.165) is 48.6 Å². The highest BCUT2D eigenvalue weighted by atomic mass is 15.1. The number of para-hydroxylation sites is 1. The Morgan fingerprint density at radius 3 is 2.65 bits per heavy atom. The molecule has 5 nitrogen and oxygen atoms in total. The Balaban J connectivity index is 2.17. The Morgan fingerprint density at radius 1 is 1.09 bits per heavy atom. The van der Waals surface area contributed by atoms with E-state index in [4.69, 9.17) is 9.97 Å². The molecule has 0 atom stereocenters. The van der Waals surface area contributed by atoms with Crippen molar-refractivity contribution < 1.29 is 0 Å². The number of hydrogen-bond donors (Lipinski definition) is 2. The smallest absolute Gasteiger partial charge is 0.154 e. The van der Waals surface area contributed by atoms with Gasteiger partial charge in [0.2, 0.25) is 0 Å². The number of rotatable bonds is 7. The lowest BCUT2D eigenvalue weighted by molar-refractivity contribution is 0.585. The van der Waals surface area contributed by atoms with Crippen LogP contribution in [-0.2, 0) is 13.0 Å². The summed E-state index contributed by atoms with van der Waals surface area (Å²) in [7, 11) is 3.91. The topological polar surface area (TPSA) is 54.8 Å². The second-order valence-corrected chi connectivity index (χ2v) is 5.77. The third kappa shape index (κ3) is 2.88. The molecule has 0 fully saturated rings. The largest absolute Gasteiger partial charge is 0.371 e. The quantitative estimate of drug-likeness (QED) is 0.658. The molecule has 1 aromatic carbocycles. The van der Waals surface area contributed by atoms with Gasteiger partial charge < -0.3 is 15.2 Å². The molecule has 0 saturated heterocycles. The van der Waals surface area contributed by atoms with Crippen LogP contribution in [0.3, 0.4) is 0 Å². The van der Waals surface area contributed by atoms with Crippen molar-refractivity contribution in [3.63, 3.8) is 0 Å². The summed E-state index contributed by atoms with van der Waals surface area (Å²) in [5.74, 6) is 2.00. The van der Waals surface area contributed by atoms with Gasteiger partial charge in [0, 0.05) is 25.4 Å². The highest BCUT2D eigenvalue weighted by Gasteiger charge is 2.16. The Hall–Kier alpha value is -2.14. The number of imidazole rings is 1. The summed E-state index contributed by atoms with van der Waals surface area (Å²) in [6.45, 7) is 4.22. The number of hydrogen-bond acceptors (Lipinski definition) is 4. The number of anilines is 1. The highest BCUT2D eigenvalue weighted by Crippen LogP contribution is 2.30. The van der Waals surface area contributed by atoms with Crippen molar-refractivity contribution in [3.8, 4) is 0 Å². The predicted octanol–water partition coefficient (Wildman–Crippen LogP) is 3.19. The van der Waals surface area contributed by atoms with Gasteiger partial charge in [-0.15, -0.1) is 0 Å². The van der Waals surface area contributed by atoms with Gasteiger partial charge in [-0.25, -0.2) is 9.97 Å². The third-order valence-electron chi connectivity index (χ3n) is 4.27. The van der Waals surface area contributed by atoms with Crippen LogP contribution in [0.15, 0.2) is 24.3 Å². The first-order chi connectivity index (χ1) is 11.3. The maximum Gasteiger partial charge on any atom is 0.154 e. The lowest BCUT2D eigenvalue weighted by Gasteiger charge is -2.10. The van der Waals surface area contributed by atoms with Crippen LogP contribution in [0.2, 0.25) is 0 Å². The maximum absolute atomic E-state index is 4.87. The molecule has 0 saturated carbocycles. The molecular weight excluding hydrogens is 286 g/mol. The van der Waals surface area contributed by atoms with Crippen molar-refractivity contribution in [1.82, 2.24) is 19.9 Å². The fraction of sp³-hybridized carbons (Fsp3) is 0.444. The van der Waals surface area contributed by atoms with Crippen molar-refractivity contribution in [3.05, 3.63) is 30.1 Å². The number of aromatic nitrogens is 3. The average Bonchev–Trinajstić information content (AvgIpc) is 2.97. The summed E-state index contributed by atoms with van der Waals surface area (Å²) in [5.41, 5.74) is 3.21. The molecule has 3 aromatic rings. The van der Waals surface area contributed by atoms with Crippen LogP contribution in [0.4, 0.5) is 5.82 Å². The van der Waals surface area contributed by atoms with Crippen LogP contribution in [0.25, 0.3) is 21.9 Å². The van der Waals surface area contributed by atoms with Gasteiger partial charge in [-0.3, -0.25) is 0 Å². The van der Waals surface area contributed by atoms with Crippen molar-refractivity contribution in [2.75, 3.05) is 26.0 Å². The summed E-state index contributed by atoms with van der Waals surface area (Å²) in [5, 5.41) is 7.61. The van der Waals surface area contributed by atoms with Crippen LogP contribution < -0.4 is 10.6 Å². The minimum absolute atomic E-state index is 0.863. The fourth-order valence-corrected chi connectivity index (χ4v) is 3.14. The lowest BCUT2D eigenvalue weighted by Crippen LogP contribution is -2.10. The van der Waals surface area contributed by atoms with Gasteiger partial charge >= 0.3 is 0 Å². The van der Waals surface area contributed by atoms with E-state index in [0.29, 0.717) is 0 Å². The fourth-order valence-electron chi connectivity index (χ4n) is 3.14. The summed E-state index contributed by atoms with van der Waals surface area (Å²) in [6, 6.07) is 8.33. The number of pyridine rings is 1. The molecule has 5 heteroatoms. The van der Waals surface area contributed by atoms with Crippen LogP contribution in [0.5, 0.6) is 0 Å². The zero-order valence-corrected chi connectivity index (χ0v) is 14.2. The van der Waals surface area contributed by atoms with E-state index in [-0.39, 0.29) is 0 Å². The van der Waals surface area contributed by atoms with Crippen molar-refractivity contribution in [1.29, 1.82) is 0 Å². The van der Waals surface area contributed by atoms with Gasteiger partial charge in [0.05, 0.1) is 11.0 Å². The number of aryl methyl sites for hydroxylation is 2. The number of unbranched alkanes of at least 4 members (excludes halogenated alkanes) is 1. The molecule has 0 spiro atoms. The highest BCUT2D eigenvalue weighted by molar-refractivity contribution is 6.06. The molecule has 0 aliphatic heterocycles. The molecular formula is C18H25N5. The van der Waals surface area contributed by atoms with Gasteiger partial charge in [0.15, 0.2) is 5.82 Å². The summed E-state index contributed by atoms with van der Waals surface area (Å²) >= 11 is 0. The number of nitrogens with one attached hydrogen (secondary N) is 2. The molecule has 0 unspecified atom stereocenters. The first-order valence-electron chi connectivity index (χ1n) is 8.40. The first-order valence-corrected chi connectivity index (χ1v) is 8.40. The van der Waals surface area contributed by atoms with Gasteiger partial charge in [0.1, 0.15) is 11.3 Å². The van der Waals surface area contributed by atoms with E-state index >= 15 is 0 Å². The zero-order valence-electron chi connectivity index (χ0n) is 14.2. The van der Waals surface area contributed by atoms with E-state index in [9.17, 15) is 0 Å². The molecule has 0 aliphatic carbocycles. The number of nitrogens with zero attached hydrogens (tertiary/aromatic N) is 3. The monoisotopic (exact) mass is 311 g/mol. The molecule has 0 bridgehead atoms. The Morgan fingerprint density at radius 2 is 1.91 bits per heavy atom. The molecule has 2 aromatic heterocycles. The zero-order chi connectivity index (χ0) is 16.2. The summed E-state index contributed by atoms with van der Waals surface area (Å²) in [4.78, 5) is 9.60. The third-order valence-corrected chi connectivity index (χ3v) is 4.27. The molecule has 3 rings (SSSR count). The maximum atomic E-state index is 4.87. The second kappa shape index (κ2) is 6.96. The minimum atomic E-state index is 0.863. The van der Waals surface area contributed by atoms with Crippen molar-refractivity contribution in [2.24, 2.45) is 0 Å². The van der Waals surface area contributed by atoms with Gasteiger partial charge in [-0.1, -0.05) is 25.1 Å². The van der Waals surface area contributed by atoms with E-state index < -0.39 is 0 Å². The number of benzene rings is 1. The predicted molar refractivity (Wildman–Crippen MR) is 97.1 cm³/mol. The van der Waals surface area contributed by atoms with Crippen LogP contribution in [0.1, 0.15) is 25.6 Å². The molecule has 0 amide bonds. The summed E-state index contributed by atoms with van der Waals surface area (Å²) < 4.78 is 2.38. The minimum Gasteiger partial charge on any atom is -0.371 e. The van der Waals surface area contributed by atoms with Crippen LogP contribution in [-0.4, -0.2) is 35.2 Å². The van der Waals surface area contributed by atoms with Gasteiger partial charge in [0.25, 0.3) is 0 Å². The lowest BCUT2D eigenvalue weighted by atomic mass is 10.2. The standard InChI is InChI=1S/C18H25N5/c1-4-15-22-16-17(23(15)12-8-7-11-19-2)13-9-5-6-10-14(13)21-18(16)20-3/h5-6,9-10,19H,4,7-8,11-12H2,1-3H3,(H,20,21). The van der Waals surface area contributed by atoms with Gasteiger partial charge in [-0.05, 0) is 32.5 Å². The van der Waals surface area contributed by atoms with Gasteiger partial charge in [-0.2, -0.15) is 0 Å². The molecule has 0 aliphatic rings. The average molecular weight is 311 g/mol. The number of fused-ring (bicyclic) bond motifs is 3. The summed E-state index contributed by atoms with van der Waals surface area (Å²) in [6.07, 6.45) is 3.24. The molecule has 122 valence electrons. The second-order valence-electron chi connectivity index (χ2n) is 5.77. The van der Waals surface area contributed by atoms with E-state index in [1.54, 1.807) is 0 Å².